The van der Waals surface area contributed by atoms with Gasteiger partial charge in [0.2, 0.25) is 5.82 Å². The highest BCUT2D eigenvalue weighted by molar-refractivity contribution is 5.94. The topological polar surface area (TPSA) is 72.2 Å². The van der Waals surface area contributed by atoms with Crippen LogP contribution in [0.5, 0.6) is 0 Å². The normalized spacial score (nSPS) is 15.4. The van der Waals surface area contributed by atoms with Crippen molar-refractivity contribution in [1.82, 2.24) is 5.32 Å². The largest absolute Gasteiger partial charge is 0.352 e. The molecule has 0 heterocycles. The van der Waals surface area contributed by atoms with Crippen LogP contribution >= 0.6 is 0 Å². The van der Waals surface area contributed by atoms with Crippen LogP contribution in [0, 0.1) is 21.8 Å². The summed E-state index contributed by atoms with van der Waals surface area (Å²) >= 11 is 0. The number of hydrogen-bond donors (Lipinski definition) is 1. The fraction of sp³-hybridized carbons (Fsp3) is 0.462. The van der Waals surface area contributed by atoms with Gasteiger partial charge in [0.05, 0.1) is 4.92 Å². The van der Waals surface area contributed by atoms with Gasteiger partial charge in [-0.25, -0.2) is 0 Å². The molecule has 1 N–H and O–H groups in total. The zero-order valence-electron chi connectivity index (χ0n) is 10.4. The first-order valence-electron chi connectivity index (χ1n) is 6.30. The van der Waals surface area contributed by atoms with Crippen LogP contribution in [0.3, 0.4) is 0 Å². The molecule has 0 bridgehead atoms. The number of amides is 1. The van der Waals surface area contributed by atoms with Gasteiger partial charge in [0.15, 0.2) is 0 Å². The Morgan fingerprint density at radius 3 is 2.68 bits per heavy atom. The second-order valence-electron chi connectivity index (χ2n) is 4.78. The molecule has 0 atom stereocenters. The van der Waals surface area contributed by atoms with Gasteiger partial charge in [-0.3, -0.25) is 14.9 Å². The number of halogens is 1. The van der Waals surface area contributed by atoms with E-state index in [2.05, 4.69) is 5.32 Å². The van der Waals surface area contributed by atoms with Crippen molar-refractivity contribution in [1.29, 1.82) is 0 Å². The molecule has 1 aromatic carbocycles. The molecule has 0 unspecified atom stereocenters. The lowest BCUT2D eigenvalue weighted by atomic mass is 10.1. The van der Waals surface area contributed by atoms with Crippen molar-refractivity contribution < 1.29 is 14.1 Å². The Morgan fingerprint density at radius 2 is 2.11 bits per heavy atom. The van der Waals surface area contributed by atoms with Crippen LogP contribution in [-0.2, 0) is 0 Å². The van der Waals surface area contributed by atoms with Gasteiger partial charge in [-0.2, -0.15) is 4.39 Å². The summed E-state index contributed by atoms with van der Waals surface area (Å²) in [6.45, 7) is 0.581. The van der Waals surface area contributed by atoms with Crippen molar-refractivity contribution in [2.24, 2.45) is 5.92 Å². The molecule has 1 aromatic rings. The highest BCUT2D eigenvalue weighted by Crippen LogP contribution is 2.24. The van der Waals surface area contributed by atoms with E-state index in [9.17, 15) is 19.3 Å². The number of nitrogens with one attached hydrogen (secondary N) is 1. The molecule has 1 fully saturated rings. The van der Waals surface area contributed by atoms with Gasteiger partial charge < -0.3 is 5.32 Å². The molecule has 1 aliphatic carbocycles. The van der Waals surface area contributed by atoms with Gasteiger partial charge in [-0.05, 0) is 30.9 Å². The Bertz CT molecular complexity index is 499. The molecule has 0 aliphatic heterocycles. The van der Waals surface area contributed by atoms with Gasteiger partial charge in [-0.15, -0.1) is 0 Å². The van der Waals surface area contributed by atoms with Crippen molar-refractivity contribution in [3.8, 4) is 0 Å². The van der Waals surface area contributed by atoms with E-state index in [1.807, 2.05) is 0 Å². The molecule has 19 heavy (non-hydrogen) atoms. The number of rotatable bonds is 4. The second kappa shape index (κ2) is 5.77. The van der Waals surface area contributed by atoms with E-state index in [1.54, 1.807) is 0 Å². The number of carbonyl (C=O) groups excluding carboxylic acids is 1. The van der Waals surface area contributed by atoms with Gasteiger partial charge in [-0.1, -0.05) is 12.8 Å². The average molecular weight is 266 g/mol. The summed E-state index contributed by atoms with van der Waals surface area (Å²) in [5.41, 5.74) is -0.506. The molecule has 102 valence electrons. The average Bonchev–Trinajstić information content (AvgIpc) is 2.88. The minimum Gasteiger partial charge on any atom is -0.352 e. The van der Waals surface area contributed by atoms with Crippen LogP contribution in [0.25, 0.3) is 0 Å². The Labute approximate surface area is 110 Å². The minimum atomic E-state index is -0.987. The summed E-state index contributed by atoms with van der Waals surface area (Å²) in [6, 6.07) is 3.19. The summed E-state index contributed by atoms with van der Waals surface area (Å²) in [5, 5.41) is 13.2. The first-order valence-corrected chi connectivity index (χ1v) is 6.30. The maximum Gasteiger partial charge on any atom is 0.304 e. The lowest BCUT2D eigenvalue weighted by molar-refractivity contribution is -0.387. The standard InChI is InChI=1S/C13H15FN2O3/c14-11-7-10(5-6-12(11)16(18)19)13(17)15-8-9-3-1-2-4-9/h5-7,9H,1-4,8H2,(H,15,17). The van der Waals surface area contributed by atoms with Crippen LogP contribution in [0.4, 0.5) is 10.1 Å². The molecule has 6 heteroatoms. The van der Waals surface area contributed by atoms with Crippen molar-refractivity contribution in [2.75, 3.05) is 6.54 Å². The third-order valence-corrected chi connectivity index (χ3v) is 3.43. The molecule has 0 saturated heterocycles. The molecule has 1 amide bonds. The molecule has 2 rings (SSSR count). The highest BCUT2D eigenvalue weighted by atomic mass is 19.1. The zero-order chi connectivity index (χ0) is 13.8. The van der Waals surface area contributed by atoms with E-state index in [0.29, 0.717) is 12.5 Å². The fourth-order valence-electron chi connectivity index (χ4n) is 2.35. The molecular weight excluding hydrogens is 251 g/mol. The maximum absolute atomic E-state index is 13.4. The van der Waals surface area contributed by atoms with E-state index < -0.39 is 16.4 Å². The SMILES string of the molecule is O=C(NCC1CCCC1)c1ccc([N+](=O)[O-])c(F)c1. The maximum atomic E-state index is 13.4. The number of nitro groups is 1. The fourth-order valence-corrected chi connectivity index (χ4v) is 2.35. The van der Waals surface area contributed by atoms with E-state index in [4.69, 9.17) is 0 Å². The summed E-state index contributed by atoms with van der Waals surface area (Å²) < 4.78 is 13.4. The number of nitro benzene ring substituents is 1. The predicted molar refractivity (Wildman–Crippen MR) is 67.3 cm³/mol. The van der Waals surface area contributed by atoms with Crippen LogP contribution in [0.15, 0.2) is 18.2 Å². The van der Waals surface area contributed by atoms with Crippen molar-refractivity contribution in [3.05, 3.63) is 39.7 Å². The van der Waals surface area contributed by atoms with Crippen molar-refractivity contribution in [2.45, 2.75) is 25.7 Å². The highest BCUT2D eigenvalue weighted by Gasteiger charge is 2.19. The summed E-state index contributed by atoms with van der Waals surface area (Å²) in [4.78, 5) is 21.4. The van der Waals surface area contributed by atoms with E-state index in [0.717, 1.165) is 25.0 Å². The van der Waals surface area contributed by atoms with E-state index >= 15 is 0 Å². The van der Waals surface area contributed by atoms with Crippen LogP contribution < -0.4 is 5.32 Å². The van der Waals surface area contributed by atoms with Gasteiger partial charge >= 0.3 is 5.69 Å². The molecule has 0 radical (unpaired) electrons. The summed E-state index contributed by atoms with van der Waals surface area (Å²) in [7, 11) is 0. The molecule has 0 aromatic heterocycles. The smallest absolute Gasteiger partial charge is 0.304 e. The number of benzene rings is 1. The Kier molecular flexibility index (Phi) is 4.09. The first-order chi connectivity index (χ1) is 9.08. The molecule has 0 spiro atoms. The first kappa shape index (κ1) is 13.5. The lowest BCUT2D eigenvalue weighted by Gasteiger charge is -2.10. The monoisotopic (exact) mass is 266 g/mol. The minimum absolute atomic E-state index is 0.112. The zero-order valence-corrected chi connectivity index (χ0v) is 10.4. The van der Waals surface area contributed by atoms with Gasteiger partial charge in [0, 0.05) is 18.2 Å². The van der Waals surface area contributed by atoms with Crippen LogP contribution in [-0.4, -0.2) is 17.4 Å². The number of carbonyl (C=O) groups is 1. The number of nitrogens with zero attached hydrogens (tertiary/aromatic N) is 1. The predicted octanol–water partition coefficient (Wildman–Crippen LogP) is 2.65. The Balaban J connectivity index is 1.98. The quantitative estimate of drug-likeness (QED) is 0.672. The van der Waals surface area contributed by atoms with Crippen LogP contribution in [0.1, 0.15) is 36.0 Å². The van der Waals surface area contributed by atoms with Crippen molar-refractivity contribution >= 4 is 11.6 Å². The second-order valence-corrected chi connectivity index (χ2v) is 4.78. The van der Waals surface area contributed by atoms with Gasteiger partial charge in [0.1, 0.15) is 0 Å². The molecule has 1 saturated carbocycles. The number of hydrogen-bond acceptors (Lipinski definition) is 3. The Hall–Kier alpha value is -1.98. The third-order valence-electron chi connectivity index (χ3n) is 3.43. The van der Waals surface area contributed by atoms with E-state index in [1.165, 1.54) is 18.9 Å². The Morgan fingerprint density at radius 1 is 1.42 bits per heavy atom. The molecule has 1 aliphatic rings. The molecule has 5 nitrogen and oxygen atoms in total. The summed E-state index contributed by atoms with van der Waals surface area (Å²) in [6.07, 6.45) is 4.59. The summed E-state index contributed by atoms with van der Waals surface area (Å²) in [5.74, 6) is -0.883. The van der Waals surface area contributed by atoms with Crippen LogP contribution in [0.2, 0.25) is 0 Å². The van der Waals surface area contributed by atoms with Crippen molar-refractivity contribution in [3.63, 3.8) is 0 Å². The molecular formula is C13H15FN2O3. The van der Waals surface area contributed by atoms with Gasteiger partial charge in [0.25, 0.3) is 5.91 Å². The van der Waals surface area contributed by atoms with E-state index in [-0.39, 0.29) is 11.5 Å². The third kappa shape index (κ3) is 3.27. The lowest BCUT2D eigenvalue weighted by Crippen LogP contribution is -2.28.